The normalized spacial score (nSPS) is 17.7. The third-order valence-electron chi connectivity index (χ3n) is 8.05. The molecule has 0 bridgehead atoms. The number of piperidine rings is 1. The summed E-state index contributed by atoms with van der Waals surface area (Å²) in [4.78, 5) is 10.2. The summed E-state index contributed by atoms with van der Waals surface area (Å²) in [7, 11) is -7.09. The van der Waals surface area contributed by atoms with Crippen LogP contribution < -0.4 is 9.46 Å². The number of ether oxygens (including phenoxy) is 1. The molecule has 1 atom stereocenters. The molecule has 1 fully saturated rings. The van der Waals surface area contributed by atoms with Crippen molar-refractivity contribution in [3.05, 3.63) is 53.5 Å². The first-order chi connectivity index (χ1) is 22.6. The molecule has 0 spiro atoms. The minimum Gasteiger partial charge on any atom is -0.460 e. The molecule has 0 radical (unpaired) electrons. The Labute approximate surface area is 282 Å². The zero-order valence-electron chi connectivity index (χ0n) is 26.4. The fraction of sp³-hybridized carbons (Fsp3) is 0.552. The molecule has 0 saturated carbocycles. The number of aliphatic hydroxyl groups is 1. The van der Waals surface area contributed by atoms with Crippen molar-refractivity contribution in [3.63, 3.8) is 0 Å². The van der Waals surface area contributed by atoms with Crippen LogP contribution in [0.2, 0.25) is 0 Å². The van der Waals surface area contributed by atoms with Crippen LogP contribution in [0.25, 0.3) is 11.3 Å². The van der Waals surface area contributed by atoms with E-state index in [-0.39, 0.29) is 42.9 Å². The Morgan fingerprint density at radius 1 is 1.08 bits per heavy atom. The average Bonchev–Trinajstić information content (AvgIpc) is 3.36. The standard InChI is InChI=1S/C29H38F3N7O6S3/c1-47(41,42)35-11-15-46-26-16-20(4-5-24(26)29(30,31)32)27-23-19-38(48(2,43)44)14-8-25(23)39(36-27)18-21(40)17-37-12-6-22(7-13-37)45-28-33-9-3-10-34-28/h3-5,9-10,16,21-22,35,40H,6-8,11-15,17-19H2,1-2H3. The summed E-state index contributed by atoms with van der Waals surface area (Å²) in [6.07, 6.45) is 1.54. The van der Waals surface area contributed by atoms with Crippen molar-refractivity contribution in [1.82, 2.24) is 33.7 Å². The summed E-state index contributed by atoms with van der Waals surface area (Å²) < 4.78 is 101. The van der Waals surface area contributed by atoms with Crippen LogP contribution >= 0.6 is 11.8 Å². The summed E-state index contributed by atoms with van der Waals surface area (Å²) in [6.45, 7) is 1.96. The van der Waals surface area contributed by atoms with E-state index < -0.39 is 37.9 Å². The van der Waals surface area contributed by atoms with Gasteiger partial charge in [-0.15, -0.1) is 11.8 Å². The van der Waals surface area contributed by atoms with Gasteiger partial charge in [0.05, 0.1) is 36.4 Å². The number of aliphatic hydroxyl groups excluding tert-OH is 1. The molecule has 19 heteroatoms. The number of hydrogen-bond acceptors (Lipinski definition) is 11. The lowest BCUT2D eigenvalue weighted by Gasteiger charge is -2.33. The zero-order chi connectivity index (χ0) is 34.7. The van der Waals surface area contributed by atoms with Crippen molar-refractivity contribution in [1.29, 1.82) is 0 Å². The van der Waals surface area contributed by atoms with Crippen LogP contribution in [0.15, 0.2) is 41.6 Å². The van der Waals surface area contributed by atoms with Crippen molar-refractivity contribution < 1.29 is 39.9 Å². The molecule has 0 aliphatic carbocycles. The van der Waals surface area contributed by atoms with E-state index in [1.807, 2.05) is 0 Å². The molecule has 48 heavy (non-hydrogen) atoms. The van der Waals surface area contributed by atoms with Crippen molar-refractivity contribution in [2.24, 2.45) is 0 Å². The number of hydrogen-bond donors (Lipinski definition) is 2. The molecular weight excluding hydrogens is 696 g/mol. The van der Waals surface area contributed by atoms with Crippen molar-refractivity contribution >= 4 is 31.8 Å². The van der Waals surface area contributed by atoms with Gasteiger partial charge in [0.2, 0.25) is 20.0 Å². The highest BCUT2D eigenvalue weighted by Crippen LogP contribution is 2.40. The predicted molar refractivity (Wildman–Crippen MR) is 173 cm³/mol. The second kappa shape index (κ2) is 15.0. The van der Waals surface area contributed by atoms with Crippen LogP contribution in [-0.4, -0.2) is 114 Å². The highest BCUT2D eigenvalue weighted by atomic mass is 32.2. The maximum atomic E-state index is 13.9. The summed E-state index contributed by atoms with van der Waals surface area (Å²) >= 11 is 0.854. The van der Waals surface area contributed by atoms with Gasteiger partial charge in [0.1, 0.15) is 6.10 Å². The van der Waals surface area contributed by atoms with Crippen LogP contribution in [0.5, 0.6) is 6.01 Å². The molecule has 2 aliphatic rings. The molecule has 4 heterocycles. The first-order valence-electron chi connectivity index (χ1n) is 15.2. The van der Waals surface area contributed by atoms with Gasteiger partial charge in [-0.2, -0.15) is 22.6 Å². The number of β-amino-alcohol motifs (C(OH)–C–C–N with tert-alkyl or cyclic N) is 1. The van der Waals surface area contributed by atoms with Gasteiger partial charge in [-0.1, -0.05) is 6.07 Å². The number of likely N-dealkylation sites (tertiary alicyclic amines) is 1. The van der Waals surface area contributed by atoms with Gasteiger partial charge in [-0.25, -0.2) is 31.5 Å². The highest BCUT2D eigenvalue weighted by molar-refractivity contribution is 7.99. The monoisotopic (exact) mass is 733 g/mol. The third-order valence-corrected chi connectivity index (χ3v) is 11.1. The van der Waals surface area contributed by atoms with Crippen molar-refractivity contribution in [3.8, 4) is 17.3 Å². The minimum absolute atomic E-state index is 0.0139. The van der Waals surface area contributed by atoms with Crippen LogP contribution in [0.4, 0.5) is 13.2 Å². The number of benzene rings is 1. The summed E-state index contributed by atoms with van der Waals surface area (Å²) in [5, 5.41) is 15.9. The van der Waals surface area contributed by atoms with Crippen LogP contribution in [0.3, 0.4) is 0 Å². The number of halogens is 3. The zero-order valence-corrected chi connectivity index (χ0v) is 28.9. The Kier molecular flexibility index (Phi) is 11.4. The lowest BCUT2D eigenvalue weighted by atomic mass is 10.0. The van der Waals surface area contributed by atoms with E-state index in [9.17, 15) is 35.1 Å². The maximum Gasteiger partial charge on any atom is 0.417 e. The lowest BCUT2D eigenvalue weighted by Crippen LogP contribution is -2.43. The van der Waals surface area contributed by atoms with Gasteiger partial charge in [0.25, 0.3) is 0 Å². The Balaban J connectivity index is 1.35. The van der Waals surface area contributed by atoms with Gasteiger partial charge >= 0.3 is 12.2 Å². The van der Waals surface area contributed by atoms with E-state index in [0.29, 0.717) is 54.6 Å². The molecule has 1 saturated heterocycles. The Morgan fingerprint density at radius 3 is 2.44 bits per heavy atom. The fourth-order valence-corrected chi connectivity index (χ4v) is 8.17. The van der Waals surface area contributed by atoms with E-state index in [0.717, 1.165) is 43.2 Å². The van der Waals surface area contributed by atoms with E-state index >= 15 is 0 Å². The van der Waals surface area contributed by atoms with Gasteiger partial charge in [-0.05, 0) is 31.0 Å². The molecule has 5 rings (SSSR count). The van der Waals surface area contributed by atoms with Crippen molar-refractivity contribution in [2.45, 2.75) is 55.6 Å². The van der Waals surface area contributed by atoms with Crippen molar-refractivity contribution in [2.75, 3.05) is 51.0 Å². The third kappa shape index (κ3) is 9.66. The molecule has 13 nitrogen and oxygen atoms in total. The lowest BCUT2D eigenvalue weighted by molar-refractivity contribution is -0.139. The number of alkyl halides is 3. The second-order valence-corrected chi connectivity index (χ2v) is 16.8. The Hall–Kier alpha value is -2.81. The van der Waals surface area contributed by atoms with Gasteiger partial charge < -0.3 is 14.7 Å². The Morgan fingerprint density at radius 2 is 1.79 bits per heavy atom. The molecule has 1 aromatic carbocycles. The van der Waals surface area contributed by atoms with Gasteiger partial charge in [0.15, 0.2) is 0 Å². The molecule has 2 N–H and O–H groups in total. The molecule has 0 amide bonds. The number of sulfonamides is 2. The fourth-order valence-electron chi connectivity index (χ4n) is 5.80. The first-order valence-corrected chi connectivity index (χ1v) is 20.0. The molecule has 1 unspecified atom stereocenters. The average molecular weight is 734 g/mol. The molecule has 264 valence electrons. The summed E-state index contributed by atoms with van der Waals surface area (Å²) in [5.74, 6) is 0.0452. The largest absolute Gasteiger partial charge is 0.460 e. The predicted octanol–water partition coefficient (Wildman–Crippen LogP) is 2.22. The topological polar surface area (TPSA) is 160 Å². The van der Waals surface area contributed by atoms with Gasteiger partial charge in [-0.3, -0.25) is 4.68 Å². The van der Waals surface area contributed by atoms with Gasteiger partial charge in [0, 0.05) is 85.6 Å². The summed E-state index contributed by atoms with van der Waals surface area (Å²) in [6, 6.07) is 5.65. The molecule has 3 aromatic rings. The van der Waals surface area contributed by atoms with E-state index in [2.05, 4.69) is 19.6 Å². The quantitative estimate of drug-likeness (QED) is 0.196. The SMILES string of the molecule is CS(=O)(=O)NCCSc1cc(-c2nn(CC(O)CN3CCC(Oc4ncccn4)CC3)c3c2CN(S(C)(=O)=O)CC3)ccc1C(F)(F)F. The van der Waals surface area contributed by atoms with E-state index in [1.165, 1.54) is 16.4 Å². The number of aromatic nitrogens is 4. The molecular formula is C29H38F3N7O6S3. The highest BCUT2D eigenvalue weighted by Gasteiger charge is 2.35. The number of rotatable bonds is 13. The Bertz CT molecular complexity index is 1790. The second-order valence-electron chi connectivity index (χ2n) is 11.8. The van der Waals surface area contributed by atoms with Crippen LogP contribution in [-0.2, 0) is 45.7 Å². The van der Waals surface area contributed by atoms with Crippen LogP contribution in [0, 0.1) is 0 Å². The number of thioether (sulfide) groups is 1. The number of nitrogens with zero attached hydrogens (tertiary/aromatic N) is 6. The number of fused-ring (bicyclic) bond motifs is 1. The number of nitrogens with one attached hydrogen (secondary N) is 1. The first kappa shape index (κ1) is 36.5. The van der Waals surface area contributed by atoms with Crippen LogP contribution in [0.1, 0.15) is 29.7 Å². The van der Waals surface area contributed by atoms with E-state index in [4.69, 9.17) is 9.84 Å². The minimum atomic E-state index is -4.66. The smallest absolute Gasteiger partial charge is 0.417 e. The van der Waals surface area contributed by atoms with E-state index in [1.54, 1.807) is 23.1 Å². The summed E-state index contributed by atoms with van der Waals surface area (Å²) in [5.41, 5.74) is 1.09. The molecule has 2 aliphatic heterocycles. The molecule has 2 aromatic heterocycles. The maximum absolute atomic E-state index is 13.9.